The lowest BCUT2D eigenvalue weighted by Crippen LogP contribution is -2.32. The van der Waals surface area contributed by atoms with Crippen LogP contribution in [0, 0.1) is 5.41 Å². The summed E-state index contributed by atoms with van der Waals surface area (Å²) in [5.74, 6) is 0. The molecule has 0 amide bonds. The Balaban J connectivity index is 2.33. The molecular weight excluding hydrogens is 124 g/mol. The minimum atomic E-state index is 0.284. The van der Waals surface area contributed by atoms with Crippen LogP contribution in [0.3, 0.4) is 0 Å². The molecule has 1 rings (SSSR count). The molecule has 0 aromatic rings. The molecule has 0 heterocycles. The van der Waals surface area contributed by atoms with Crippen molar-refractivity contribution in [3.05, 3.63) is 12.2 Å². The Morgan fingerprint density at radius 1 is 1.50 bits per heavy atom. The van der Waals surface area contributed by atoms with Crippen LogP contribution in [0.1, 0.15) is 32.6 Å². The van der Waals surface area contributed by atoms with E-state index < -0.39 is 0 Å². The summed E-state index contributed by atoms with van der Waals surface area (Å²) in [7, 11) is 0. The zero-order chi connectivity index (χ0) is 7.45. The van der Waals surface area contributed by atoms with Crippen molar-refractivity contribution in [2.24, 2.45) is 5.41 Å². The quantitative estimate of drug-likeness (QED) is 0.595. The number of hydrogen-bond donors (Lipinski definition) is 1. The Morgan fingerprint density at radius 3 is 2.50 bits per heavy atom. The van der Waals surface area contributed by atoms with Crippen molar-refractivity contribution in [1.29, 1.82) is 0 Å². The van der Waals surface area contributed by atoms with Crippen LogP contribution < -0.4 is 0 Å². The maximum absolute atomic E-state index is 9.03. The van der Waals surface area contributed by atoms with E-state index in [4.69, 9.17) is 5.11 Å². The second-order valence-corrected chi connectivity index (χ2v) is 3.28. The van der Waals surface area contributed by atoms with E-state index in [0.717, 1.165) is 6.42 Å². The summed E-state index contributed by atoms with van der Waals surface area (Å²) in [6, 6.07) is 0. The van der Waals surface area contributed by atoms with Crippen LogP contribution in [0.2, 0.25) is 0 Å². The normalized spacial score (nSPS) is 23.0. The third-order valence-electron chi connectivity index (χ3n) is 2.54. The van der Waals surface area contributed by atoms with Crippen molar-refractivity contribution < 1.29 is 5.11 Å². The van der Waals surface area contributed by atoms with Gasteiger partial charge in [-0.2, -0.15) is 0 Å². The van der Waals surface area contributed by atoms with Crippen molar-refractivity contribution in [3.63, 3.8) is 0 Å². The van der Waals surface area contributed by atoms with Gasteiger partial charge in [-0.05, 0) is 31.6 Å². The molecular formula is C9H16O. The molecule has 58 valence electrons. The fraction of sp³-hybridized carbons (Fsp3) is 0.778. The van der Waals surface area contributed by atoms with E-state index in [0.29, 0.717) is 6.61 Å². The summed E-state index contributed by atoms with van der Waals surface area (Å²) >= 11 is 0. The maximum Gasteiger partial charge on any atom is 0.0490 e. The van der Waals surface area contributed by atoms with E-state index in [9.17, 15) is 0 Å². The number of aliphatic hydroxyl groups is 1. The standard InChI is InChI=1S/C9H16O/c1-2-3-5-9(8-10)6-4-7-9/h2-3,10H,4-8H2,1H3. The minimum absolute atomic E-state index is 0.284. The van der Waals surface area contributed by atoms with Gasteiger partial charge in [0.1, 0.15) is 0 Å². The van der Waals surface area contributed by atoms with Crippen LogP contribution in [0.15, 0.2) is 12.2 Å². The van der Waals surface area contributed by atoms with Gasteiger partial charge < -0.3 is 5.11 Å². The lowest BCUT2D eigenvalue weighted by Gasteiger charge is -2.39. The Hall–Kier alpha value is -0.300. The molecule has 1 fully saturated rings. The Kier molecular flexibility index (Phi) is 2.50. The van der Waals surface area contributed by atoms with E-state index in [2.05, 4.69) is 12.2 Å². The molecule has 1 nitrogen and oxygen atoms in total. The minimum Gasteiger partial charge on any atom is -0.396 e. The van der Waals surface area contributed by atoms with Gasteiger partial charge in [-0.25, -0.2) is 0 Å². The van der Waals surface area contributed by atoms with Crippen LogP contribution in [0.4, 0.5) is 0 Å². The van der Waals surface area contributed by atoms with Gasteiger partial charge >= 0.3 is 0 Å². The lowest BCUT2D eigenvalue weighted by molar-refractivity contribution is 0.0476. The van der Waals surface area contributed by atoms with Crippen LogP contribution in [0.5, 0.6) is 0 Å². The molecule has 1 N–H and O–H groups in total. The van der Waals surface area contributed by atoms with Crippen LogP contribution in [-0.4, -0.2) is 11.7 Å². The first-order chi connectivity index (χ1) is 4.83. The number of allylic oxidation sites excluding steroid dienone is 2. The maximum atomic E-state index is 9.03. The molecule has 0 aromatic carbocycles. The third-order valence-corrected chi connectivity index (χ3v) is 2.54. The Morgan fingerprint density at radius 2 is 2.20 bits per heavy atom. The summed E-state index contributed by atoms with van der Waals surface area (Å²) in [6.07, 6.45) is 9.03. The molecule has 0 aromatic heterocycles. The Bertz CT molecular complexity index is 117. The van der Waals surface area contributed by atoms with Crippen molar-refractivity contribution >= 4 is 0 Å². The molecule has 0 unspecified atom stereocenters. The van der Waals surface area contributed by atoms with E-state index in [-0.39, 0.29) is 5.41 Å². The fourth-order valence-electron chi connectivity index (χ4n) is 1.47. The fourth-order valence-corrected chi connectivity index (χ4v) is 1.47. The highest BCUT2D eigenvalue weighted by molar-refractivity contribution is 4.94. The topological polar surface area (TPSA) is 20.2 Å². The highest BCUT2D eigenvalue weighted by Gasteiger charge is 2.34. The van der Waals surface area contributed by atoms with Crippen LogP contribution in [-0.2, 0) is 0 Å². The molecule has 0 atom stereocenters. The highest BCUT2D eigenvalue weighted by atomic mass is 16.3. The van der Waals surface area contributed by atoms with Gasteiger partial charge in [-0.3, -0.25) is 0 Å². The molecule has 0 radical (unpaired) electrons. The predicted molar refractivity (Wildman–Crippen MR) is 42.8 cm³/mol. The third kappa shape index (κ3) is 1.40. The first-order valence-corrected chi connectivity index (χ1v) is 4.05. The van der Waals surface area contributed by atoms with Gasteiger partial charge in [0.05, 0.1) is 0 Å². The zero-order valence-electron chi connectivity index (χ0n) is 6.64. The Labute approximate surface area is 62.8 Å². The second kappa shape index (κ2) is 3.20. The summed E-state index contributed by atoms with van der Waals surface area (Å²) < 4.78 is 0. The smallest absolute Gasteiger partial charge is 0.0490 e. The first-order valence-electron chi connectivity index (χ1n) is 4.05. The predicted octanol–water partition coefficient (Wildman–Crippen LogP) is 2.12. The summed E-state index contributed by atoms with van der Waals surface area (Å²) in [6.45, 7) is 2.40. The van der Waals surface area contributed by atoms with Crippen LogP contribution >= 0.6 is 0 Å². The second-order valence-electron chi connectivity index (χ2n) is 3.28. The van der Waals surface area contributed by atoms with Gasteiger partial charge in [-0.15, -0.1) is 0 Å². The molecule has 0 aliphatic heterocycles. The highest BCUT2D eigenvalue weighted by Crippen LogP contribution is 2.43. The summed E-state index contributed by atoms with van der Waals surface area (Å²) in [4.78, 5) is 0. The number of rotatable bonds is 3. The van der Waals surface area contributed by atoms with Gasteiger partial charge in [0.2, 0.25) is 0 Å². The van der Waals surface area contributed by atoms with Gasteiger partial charge in [0.15, 0.2) is 0 Å². The van der Waals surface area contributed by atoms with E-state index in [1.165, 1.54) is 19.3 Å². The molecule has 1 aliphatic carbocycles. The lowest BCUT2D eigenvalue weighted by atomic mass is 9.67. The molecule has 0 saturated heterocycles. The monoisotopic (exact) mass is 140 g/mol. The van der Waals surface area contributed by atoms with E-state index >= 15 is 0 Å². The summed E-state index contributed by atoms with van der Waals surface area (Å²) in [5, 5.41) is 9.03. The molecule has 0 spiro atoms. The SMILES string of the molecule is CC=CCC1(CO)CCC1. The van der Waals surface area contributed by atoms with Gasteiger partial charge in [0, 0.05) is 6.61 Å². The van der Waals surface area contributed by atoms with E-state index in [1.54, 1.807) is 0 Å². The summed E-state index contributed by atoms with van der Waals surface area (Å²) in [5.41, 5.74) is 0.284. The largest absolute Gasteiger partial charge is 0.396 e. The van der Waals surface area contributed by atoms with E-state index in [1.807, 2.05) is 6.92 Å². The van der Waals surface area contributed by atoms with Crippen molar-refractivity contribution in [2.75, 3.05) is 6.61 Å². The van der Waals surface area contributed by atoms with Crippen molar-refractivity contribution in [2.45, 2.75) is 32.6 Å². The molecule has 1 aliphatic rings. The molecule has 0 bridgehead atoms. The van der Waals surface area contributed by atoms with Gasteiger partial charge in [0.25, 0.3) is 0 Å². The number of aliphatic hydroxyl groups excluding tert-OH is 1. The zero-order valence-corrected chi connectivity index (χ0v) is 6.64. The van der Waals surface area contributed by atoms with Crippen LogP contribution in [0.25, 0.3) is 0 Å². The number of hydrogen-bond acceptors (Lipinski definition) is 1. The van der Waals surface area contributed by atoms with Gasteiger partial charge in [-0.1, -0.05) is 18.6 Å². The molecule has 10 heavy (non-hydrogen) atoms. The van der Waals surface area contributed by atoms with Crippen molar-refractivity contribution in [3.8, 4) is 0 Å². The molecule has 1 saturated carbocycles. The first kappa shape index (κ1) is 7.80. The average molecular weight is 140 g/mol. The average Bonchev–Trinajstić information content (AvgIpc) is 1.87. The molecule has 1 heteroatoms. The van der Waals surface area contributed by atoms with Crippen molar-refractivity contribution in [1.82, 2.24) is 0 Å².